The van der Waals surface area contributed by atoms with Crippen molar-refractivity contribution in [3.63, 3.8) is 0 Å². The van der Waals surface area contributed by atoms with Crippen LogP contribution >= 0.6 is 11.3 Å². The lowest BCUT2D eigenvalue weighted by Gasteiger charge is -2.43. The first kappa shape index (κ1) is 24.3. The molecule has 2 N–H and O–H groups in total. The summed E-state index contributed by atoms with van der Waals surface area (Å²) in [6.07, 6.45) is 1.09. The Morgan fingerprint density at radius 1 is 1.16 bits per heavy atom. The summed E-state index contributed by atoms with van der Waals surface area (Å²) in [5.41, 5.74) is 3.18. The highest BCUT2D eigenvalue weighted by atomic mass is 32.1. The minimum absolute atomic E-state index is 0.0365. The second kappa shape index (κ2) is 9.66. The number of hydrogen-bond acceptors (Lipinski definition) is 5. The highest BCUT2D eigenvalue weighted by molar-refractivity contribution is 7.10. The number of hydrogen-bond donors (Lipinski definition) is 2. The van der Waals surface area contributed by atoms with Gasteiger partial charge in [-0.2, -0.15) is 0 Å². The van der Waals surface area contributed by atoms with Crippen LogP contribution in [0, 0.1) is 11.8 Å². The molecule has 1 aromatic carbocycles. The lowest BCUT2D eigenvalue weighted by Crippen LogP contribution is -2.34. The van der Waals surface area contributed by atoms with Gasteiger partial charge in [0.1, 0.15) is 18.5 Å². The quantitative estimate of drug-likeness (QED) is 0.437. The monoisotopic (exact) mass is 456 g/mol. The zero-order valence-corrected chi connectivity index (χ0v) is 20.3. The van der Waals surface area contributed by atoms with E-state index in [4.69, 9.17) is 14.6 Å². The van der Waals surface area contributed by atoms with Crippen LogP contribution in [0.1, 0.15) is 85.5 Å². The van der Waals surface area contributed by atoms with Crippen LogP contribution in [-0.2, 0) is 15.6 Å². The Morgan fingerprint density at radius 2 is 1.88 bits per heavy atom. The van der Waals surface area contributed by atoms with Gasteiger partial charge >= 0.3 is 5.97 Å². The van der Waals surface area contributed by atoms with E-state index in [0.717, 1.165) is 18.6 Å². The SMILES string of the molecule is CCOCCOc1cc(C(O)C#Cc2cc(C(=O)O)cs2)cc2c1C(C)(C)CCC2(C)C. The molecule has 0 saturated carbocycles. The van der Waals surface area contributed by atoms with Gasteiger partial charge in [-0.25, -0.2) is 4.79 Å². The third kappa shape index (κ3) is 5.35. The van der Waals surface area contributed by atoms with Gasteiger partial charge in [-0.05, 0) is 53.9 Å². The lowest BCUT2D eigenvalue weighted by atomic mass is 9.62. The van der Waals surface area contributed by atoms with Crippen LogP contribution in [-0.4, -0.2) is 36.0 Å². The molecule has 0 bridgehead atoms. The second-order valence-corrected chi connectivity index (χ2v) is 10.3. The number of rotatable bonds is 7. The predicted molar refractivity (Wildman–Crippen MR) is 127 cm³/mol. The molecule has 0 saturated heterocycles. The third-order valence-corrected chi connectivity index (χ3v) is 6.93. The van der Waals surface area contributed by atoms with Gasteiger partial charge in [-0.3, -0.25) is 0 Å². The Balaban J connectivity index is 1.99. The summed E-state index contributed by atoms with van der Waals surface area (Å²) >= 11 is 1.25. The van der Waals surface area contributed by atoms with E-state index in [1.807, 2.05) is 13.0 Å². The van der Waals surface area contributed by atoms with Crippen molar-refractivity contribution in [3.8, 4) is 17.6 Å². The molecule has 0 amide bonds. The molecule has 1 heterocycles. The van der Waals surface area contributed by atoms with Crippen molar-refractivity contribution >= 4 is 17.3 Å². The maximum absolute atomic E-state index is 11.1. The highest BCUT2D eigenvalue weighted by Gasteiger charge is 2.40. The minimum Gasteiger partial charge on any atom is -0.491 e. The standard InChI is InChI=1S/C26H32O5S/c1-6-30-11-12-31-22-15-17(14-20-23(22)26(4,5)10-9-25(20,2)3)21(27)8-7-19-13-18(16-32-19)24(28)29/h13-16,21,27H,6,9-12H2,1-5H3,(H,28,29). The number of aliphatic hydroxyl groups is 1. The molecule has 0 fully saturated rings. The number of carbonyl (C=O) groups is 1. The molecule has 3 rings (SSSR count). The van der Waals surface area contributed by atoms with Gasteiger partial charge < -0.3 is 19.7 Å². The van der Waals surface area contributed by atoms with Crippen LogP contribution in [0.4, 0.5) is 0 Å². The highest BCUT2D eigenvalue weighted by Crippen LogP contribution is 2.50. The van der Waals surface area contributed by atoms with Crippen molar-refractivity contribution in [2.75, 3.05) is 19.8 Å². The van der Waals surface area contributed by atoms with Crippen molar-refractivity contribution < 1.29 is 24.5 Å². The first-order valence-electron chi connectivity index (χ1n) is 11.0. The second-order valence-electron chi connectivity index (χ2n) is 9.43. The van der Waals surface area contributed by atoms with Gasteiger partial charge in [-0.15, -0.1) is 11.3 Å². The van der Waals surface area contributed by atoms with Crippen LogP contribution in [0.25, 0.3) is 0 Å². The molecule has 172 valence electrons. The van der Waals surface area contributed by atoms with Gasteiger partial charge in [0.25, 0.3) is 0 Å². The maximum atomic E-state index is 11.1. The molecule has 0 radical (unpaired) electrons. The molecule has 1 aromatic heterocycles. The molecular formula is C26H32O5S. The average molecular weight is 457 g/mol. The molecule has 1 aliphatic carbocycles. The molecule has 1 aliphatic rings. The molecule has 5 nitrogen and oxygen atoms in total. The fourth-order valence-electron chi connectivity index (χ4n) is 4.12. The molecule has 0 aliphatic heterocycles. The summed E-state index contributed by atoms with van der Waals surface area (Å²) in [4.78, 5) is 11.7. The Hall–Kier alpha value is -2.33. The summed E-state index contributed by atoms with van der Waals surface area (Å²) < 4.78 is 11.6. The number of ether oxygens (including phenoxy) is 2. The number of aliphatic hydroxyl groups excluding tert-OH is 1. The fraction of sp³-hybridized carbons (Fsp3) is 0.500. The summed E-state index contributed by atoms with van der Waals surface area (Å²) in [6, 6.07) is 5.47. The van der Waals surface area contributed by atoms with Gasteiger partial charge in [0.15, 0.2) is 0 Å². The summed E-state index contributed by atoms with van der Waals surface area (Å²) in [6.45, 7) is 12.5. The summed E-state index contributed by atoms with van der Waals surface area (Å²) in [5.74, 6) is 5.57. The Morgan fingerprint density at radius 3 is 2.53 bits per heavy atom. The maximum Gasteiger partial charge on any atom is 0.336 e. The first-order valence-corrected chi connectivity index (χ1v) is 11.8. The number of thiophene rings is 1. The summed E-state index contributed by atoms with van der Waals surface area (Å²) in [7, 11) is 0. The van der Waals surface area contributed by atoms with E-state index >= 15 is 0 Å². The van der Waals surface area contributed by atoms with Crippen molar-refractivity contribution in [2.24, 2.45) is 0 Å². The molecule has 1 unspecified atom stereocenters. The van der Waals surface area contributed by atoms with Crippen molar-refractivity contribution in [3.05, 3.63) is 50.7 Å². The van der Waals surface area contributed by atoms with E-state index < -0.39 is 12.1 Å². The van der Waals surface area contributed by atoms with Gasteiger partial charge in [0, 0.05) is 17.6 Å². The number of aromatic carboxylic acids is 1. The van der Waals surface area contributed by atoms with E-state index in [0.29, 0.717) is 30.3 Å². The minimum atomic E-state index is -1.01. The number of benzene rings is 1. The van der Waals surface area contributed by atoms with Crippen molar-refractivity contribution in [1.29, 1.82) is 0 Å². The van der Waals surface area contributed by atoms with Gasteiger partial charge in [0.2, 0.25) is 0 Å². The smallest absolute Gasteiger partial charge is 0.336 e. The number of carboxylic acid groups (broad SMARTS) is 1. The van der Waals surface area contributed by atoms with E-state index in [2.05, 4.69) is 45.6 Å². The zero-order valence-electron chi connectivity index (χ0n) is 19.4. The van der Waals surface area contributed by atoms with Crippen LogP contribution in [0.15, 0.2) is 23.6 Å². The number of fused-ring (bicyclic) bond motifs is 1. The Labute approximate surface area is 194 Å². The largest absolute Gasteiger partial charge is 0.491 e. The zero-order chi connectivity index (χ0) is 23.5. The van der Waals surface area contributed by atoms with Crippen LogP contribution in [0.5, 0.6) is 5.75 Å². The van der Waals surface area contributed by atoms with Crippen molar-refractivity contribution in [1.82, 2.24) is 0 Å². The van der Waals surface area contributed by atoms with Crippen LogP contribution in [0.2, 0.25) is 0 Å². The Bertz CT molecular complexity index is 1040. The summed E-state index contributed by atoms with van der Waals surface area (Å²) in [5, 5.41) is 21.5. The van der Waals surface area contributed by atoms with E-state index in [9.17, 15) is 9.90 Å². The fourth-order valence-corrected chi connectivity index (χ4v) is 4.85. The lowest BCUT2D eigenvalue weighted by molar-refractivity contribution is 0.0697. The normalized spacial score (nSPS) is 17.1. The molecule has 0 spiro atoms. The van der Waals surface area contributed by atoms with Gasteiger partial charge in [0.05, 0.1) is 17.0 Å². The molecule has 32 heavy (non-hydrogen) atoms. The Kier molecular flexibility index (Phi) is 7.34. The average Bonchev–Trinajstić information content (AvgIpc) is 3.22. The number of carboxylic acids is 1. The van der Waals surface area contributed by atoms with E-state index in [1.165, 1.54) is 28.5 Å². The molecule has 2 aromatic rings. The van der Waals surface area contributed by atoms with E-state index in [-0.39, 0.29) is 16.4 Å². The van der Waals surface area contributed by atoms with Crippen LogP contribution < -0.4 is 4.74 Å². The molecular weight excluding hydrogens is 424 g/mol. The van der Waals surface area contributed by atoms with E-state index in [1.54, 1.807) is 5.38 Å². The van der Waals surface area contributed by atoms with Gasteiger partial charge in [-0.1, -0.05) is 45.6 Å². The third-order valence-electron chi connectivity index (χ3n) is 6.09. The van der Waals surface area contributed by atoms with Crippen LogP contribution in [0.3, 0.4) is 0 Å². The first-order chi connectivity index (χ1) is 15.0. The predicted octanol–water partition coefficient (Wildman–Crippen LogP) is 5.30. The van der Waals surface area contributed by atoms with Crippen molar-refractivity contribution in [2.45, 2.75) is 64.4 Å². The topological polar surface area (TPSA) is 76.0 Å². The molecule has 6 heteroatoms. The molecule has 1 atom stereocenters.